The van der Waals surface area contributed by atoms with E-state index in [0.29, 0.717) is 23.5 Å². The summed E-state index contributed by atoms with van der Waals surface area (Å²) in [5, 5.41) is 52.0. The van der Waals surface area contributed by atoms with Crippen LogP contribution in [0.4, 0.5) is 5.82 Å². The van der Waals surface area contributed by atoms with Gasteiger partial charge in [0.2, 0.25) is 0 Å². The average Bonchev–Trinajstić information content (AvgIpc) is 3.11. The van der Waals surface area contributed by atoms with Gasteiger partial charge in [-0.25, -0.2) is 15.0 Å². The summed E-state index contributed by atoms with van der Waals surface area (Å²) in [6.07, 6.45) is -3.03. The number of hydrogen-bond acceptors (Lipinski definition) is 10. The van der Waals surface area contributed by atoms with Gasteiger partial charge in [0.15, 0.2) is 17.7 Å². The number of imidazole rings is 1. The van der Waals surface area contributed by atoms with Crippen molar-refractivity contribution in [3.8, 4) is 0 Å². The maximum Gasteiger partial charge on any atom is 0.183 e. The van der Waals surface area contributed by atoms with Crippen LogP contribution in [-0.4, -0.2) is 89.2 Å². The molecule has 6 atom stereocenters. The molecular weight excluding hydrogens is 358 g/mol. The zero-order valence-corrected chi connectivity index (χ0v) is 14.9. The molecule has 1 fully saturated rings. The third-order valence-electron chi connectivity index (χ3n) is 4.75. The third-order valence-corrected chi connectivity index (χ3v) is 4.75. The Labute approximate surface area is 155 Å². The topological polar surface area (TPSA) is 166 Å². The molecule has 3 heterocycles. The molecule has 0 radical (unpaired) electrons. The van der Waals surface area contributed by atoms with Crippen LogP contribution in [0.15, 0.2) is 12.7 Å². The lowest BCUT2D eigenvalue weighted by atomic mass is 9.98. The molecule has 1 saturated heterocycles. The number of aliphatic hydroxyl groups is 5. The highest BCUT2D eigenvalue weighted by Crippen LogP contribution is 2.32. The second-order valence-electron chi connectivity index (χ2n) is 6.77. The number of nitrogens with one attached hydrogen (secondary N) is 1. The molecule has 0 spiro atoms. The summed E-state index contributed by atoms with van der Waals surface area (Å²) in [5.74, 6) is 0.588. The van der Waals surface area contributed by atoms with Crippen LogP contribution in [0.3, 0.4) is 0 Å². The van der Waals surface area contributed by atoms with E-state index in [4.69, 9.17) is 9.84 Å². The summed E-state index contributed by atoms with van der Waals surface area (Å²) < 4.78 is 7.06. The molecular formula is C16H25N5O6. The Morgan fingerprint density at radius 3 is 2.63 bits per heavy atom. The molecule has 0 aliphatic carbocycles. The van der Waals surface area contributed by atoms with E-state index < -0.39 is 37.3 Å². The summed E-state index contributed by atoms with van der Waals surface area (Å²) in [4.78, 5) is 12.5. The van der Waals surface area contributed by atoms with Gasteiger partial charge in [0.05, 0.1) is 6.61 Å². The van der Waals surface area contributed by atoms with Crippen LogP contribution in [0.2, 0.25) is 0 Å². The molecule has 11 nitrogen and oxygen atoms in total. The fourth-order valence-electron chi connectivity index (χ4n) is 3.04. The van der Waals surface area contributed by atoms with Gasteiger partial charge in [0, 0.05) is 13.2 Å². The van der Waals surface area contributed by atoms with Gasteiger partial charge in [0.25, 0.3) is 0 Å². The fraction of sp³-hybridized carbons (Fsp3) is 0.688. The number of nitrogens with zero attached hydrogens (tertiary/aromatic N) is 4. The lowest BCUT2D eigenvalue weighted by molar-refractivity contribution is -0.250. The van der Waals surface area contributed by atoms with Crippen molar-refractivity contribution in [3.05, 3.63) is 12.7 Å². The number of rotatable bonds is 7. The van der Waals surface area contributed by atoms with Crippen LogP contribution < -0.4 is 5.32 Å². The number of hydrogen-bond donors (Lipinski definition) is 6. The van der Waals surface area contributed by atoms with Crippen LogP contribution in [0.1, 0.15) is 19.6 Å². The summed E-state index contributed by atoms with van der Waals surface area (Å²) in [6, 6.07) is 0. The third kappa shape index (κ3) is 3.88. The smallest absolute Gasteiger partial charge is 0.183 e. The van der Waals surface area contributed by atoms with E-state index in [0.717, 1.165) is 6.42 Å². The molecule has 0 aromatic carbocycles. The quantitative estimate of drug-likeness (QED) is 0.322. The molecule has 3 rings (SSSR count). The Kier molecular flexibility index (Phi) is 6.19. The van der Waals surface area contributed by atoms with E-state index >= 15 is 0 Å². The molecule has 0 unspecified atom stereocenters. The average molecular weight is 383 g/mol. The van der Waals surface area contributed by atoms with Crippen LogP contribution in [-0.2, 0) is 4.74 Å². The van der Waals surface area contributed by atoms with Crippen molar-refractivity contribution in [2.24, 2.45) is 5.92 Å². The highest BCUT2D eigenvalue weighted by Gasteiger charge is 2.44. The van der Waals surface area contributed by atoms with Crippen molar-refractivity contribution in [1.82, 2.24) is 19.5 Å². The van der Waals surface area contributed by atoms with Gasteiger partial charge in [-0.2, -0.15) is 0 Å². The fourth-order valence-corrected chi connectivity index (χ4v) is 3.04. The number of fused-ring (bicyclic) bond motifs is 1. The van der Waals surface area contributed by atoms with E-state index in [1.165, 1.54) is 17.2 Å². The lowest BCUT2D eigenvalue weighted by Gasteiger charge is -2.40. The summed E-state index contributed by atoms with van der Waals surface area (Å²) in [5.41, 5.74) is 0.818. The SMILES string of the molecule is C[C@H](CO)CCNc1ncnc2ncn([C@@H]3O[C@H](CO)[C@@H](O)[C@H](O)[C@H]3O)c12. The van der Waals surface area contributed by atoms with Crippen molar-refractivity contribution < 1.29 is 30.3 Å². The van der Waals surface area contributed by atoms with Gasteiger partial charge in [-0.15, -0.1) is 0 Å². The molecule has 11 heteroatoms. The maximum absolute atomic E-state index is 10.4. The predicted octanol–water partition coefficient (Wildman–Crippen LogP) is -1.77. The number of aliphatic hydroxyl groups excluding tert-OH is 5. The molecule has 27 heavy (non-hydrogen) atoms. The van der Waals surface area contributed by atoms with Crippen molar-refractivity contribution in [2.45, 2.75) is 44.0 Å². The second kappa shape index (κ2) is 8.42. The second-order valence-corrected chi connectivity index (χ2v) is 6.77. The van der Waals surface area contributed by atoms with Gasteiger partial charge in [-0.05, 0) is 12.3 Å². The van der Waals surface area contributed by atoms with E-state index in [2.05, 4.69) is 20.3 Å². The predicted molar refractivity (Wildman–Crippen MR) is 93.7 cm³/mol. The van der Waals surface area contributed by atoms with Gasteiger partial charge in [-0.3, -0.25) is 4.57 Å². The lowest BCUT2D eigenvalue weighted by Crippen LogP contribution is -2.56. The van der Waals surface area contributed by atoms with E-state index in [1.54, 1.807) is 0 Å². The largest absolute Gasteiger partial charge is 0.396 e. The highest BCUT2D eigenvalue weighted by molar-refractivity contribution is 5.83. The summed E-state index contributed by atoms with van der Waals surface area (Å²) in [6.45, 7) is 2.04. The Hall–Kier alpha value is -1.89. The van der Waals surface area contributed by atoms with Crippen LogP contribution in [0.5, 0.6) is 0 Å². The van der Waals surface area contributed by atoms with Gasteiger partial charge >= 0.3 is 0 Å². The number of ether oxygens (including phenoxy) is 1. The minimum absolute atomic E-state index is 0.0870. The highest BCUT2D eigenvalue weighted by atomic mass is 16.6. The molecule has 0 saturated carbocycles. The summed E-state index contributed by atoms with van der Waals surface area (Å²) >= 11 is 0. The Balaban J connectivity index is 1.90. The van der Waals surface area contributed by atoms with E-state index in [9.17, 15) is 20.4 Å². The number of aromatic nitrogens is 4. The molecule has 0 bridgehead atoms. The molecule has 2 aromatic heterocycles. The molecule has 0 amide bonds. The molecule has 1 aliphatic rings. The minimum atomic E-state index is -1.50. The zero-order chi connectivity index (χ0) is 19.6. The van der Waals surface area contributed by atoms with Crippen molar-refractivity contribution in [2.75, 3.05) is 25.1 Å². The molecule has 6 N–H and O–H groups in total. The monoisotopic (exact) mass is 383 g/mol. The van der Waals surface area contributed by atoms with Crippen LogP contribution in [0.25, 0.3) is 11.2 Å². The summed E-state index contributed by atoms with van der Waals surface area (Å²) in [7, 11) is 0. The molecule has 150 valence electrons. The van der Waals surface area contributed by atoms with Crippen molar-refractivity contribution in [3.63, 3.8) is 0 Å². The molecule has 2 aromatic rings. The molecule has 1 aliphatic heterocycles. The van der Waals surface area contributed by atoms with Gasteiger partial charge < -0.3 is 35.6 Å². The van der Waals surface area contributed by atoms with Crippen LogP contribution >= 0.6 is 0 Å². The van der Waals surface area contributed by atoms with Crippen molar-refractivity contribution >= 4 is 17.0 Å². The Bertz CT molecular complexity index is 756. The first-order valence-electron chi connectivity index (χ1n) is 8.80. The van der Waals surface area contributed by atoms with E-state index in [1.807, 2.05) is 6.92 Å². The first-order valence-corrected chi connectivity index (χ1v) is 8.80. The zero-order valence-electron chi connectivity index (χ0n) is 14.9. The van der Waals surface area contributed by atoms with Crippen LogP contribution in [0, 0.1) is 5.92 Å². The van der Waals surface area contributed by atoms with Crippen molar-refractivity contribution in [1.29, 1.82) is 0 Å². The Morgan fingerprint density at radius 1 is 1.15 bits per heavy atom. The number of anilines is 1. The Morgan fingerprint density at radius 2 is 1.93 bits per heavy atom. The van der Waals surface area contributed by atoms with E-state index in [-0.39, 0.29) is 12.5 Å². The van der Waals surface area contributed by atoms with Gasteiger partial charge in [0.1, 0.15) is 42.6 Å². The minimum Gasteiger partial charge on any atom is -0.396 e. The first kappa shape index (κ1) is 19.9. The normalized spacial score (nSPS) is 29.8. The first-order chi connectivity index (χ1) is 13.0. The maximum atomic E-state index is 10.4. The standard InChI is InChI=1S/C16H25N5O6/c1-8(4-22)2-3-17-14-10-15(19-6-18-14)20-7-21(10)16-13(26)12(25)11(24)9(5-23)27-16/h6-9,11-13,16,22-26H,2-5H2,1H3,(H,17,18,19)/t8-,9+,11+,12-,13+,16+/m0/s1. The van der Waals surface area contributed by atoms with Gasteiger partial charge in [-0.1, -0.05) is 6.92 Å².